The predicted molar refractivity (Wildman–Crippen MR) is 101 cm³/mol. The van der Waals surface area contributed by atoms with Crippen molar-refractivity contribution in [2.24, 2.45) is 0 Å². The molecule has 146 valence electrons. The highest BCUT2D eigenvalue weighted by Gasteiger charge is 2.23. The molecule has 1 N–H and O–H groups in total. The SMILES string of the molecule is CC(=O)CCOC(C)(C)CCOC(C)(C)CNC(=O)CCSC(C)=O. The molecule has 0 aromatic carbocycles. The van der Waals surface area contributed by atoms with Gasteiger partial charge in [0.1, 0.15) is 5.78 Å². The van der Waals surface area contributed by atoms with Crippen LogP contribution in [0.1, 0.15) is 60.8 Å². The Bertz CT molecular complexity index is 449. The van der Waals surface area contributed by atoms with Gasteiger partial charge in [-0.1, -0.05) is 11.8 Å². The molecule has 25 heavy (non-hydrogen) atoms. The minimum absolute atomic E-state index is 0.0181. The smallest absolute Gasteiger partial charge is 0.220 e. The highest BCUT2D eigenvalue weighted by atomic mass is 32.2. The van der Waals surface area contributed by atoms with E-state index in [0.717, 1.165) is 11.8 Å². The third-order valence-corrected chi connectivity index (χ3v) is 4.30. The monoisotopic (exact) mass is 375 g/mol. The van der Waals surface area contributed by atoms with Crippen LogP contribution in [-0.4, -0.2) is 53.5 Å². The molecule has 0 saturated heterocycles. The summed E-state index contributed by atoms with van der Waals surface area (Å²) >= 11 is 1.15. The van der Waals surface area contributed by atoms with Gasteiger partial charge in [-0.15, -0.1) is 0 Å². The summed E-state index contributed by atoms with van der Waals surface area (Å²) in [5, 5.41) is 2.85. The molecule has 0 aromatic heterocycles. The lowest BCUT2D eigenvalue weighted by molar-refractivity contribution is -0.124. The number of hydrogen-bond donors (Lipinski definition) is 1. The van der Waals surface area contributed by atoms with Gasteiger partial charge in [0.25, 0.3) is 0 Å². The number of ether oxygens (including phenoxy) is 2. The molecule has 0 spiro atoms. The van der Waals surface area contributed by atoms with E-state index in [-0.39, 0.29) is 22.4 Å². The van der Waals surface area contributed by atoms with E-state index in [4.69, 9.17) is 9.47 Å². The Morgan fingerprint density at radius 2 is 1.52 bits per heavy atom. The van der Waals surface area contributed by atoms with E-state index in [1.54, 1.807) is 6.92 Å². The number of carbonyl (C=O) groups is 3. The fourth-order valence-electron chi connectivity index (χ4n) is 1.85. The molecule has 0 fully saturated rings. The third-order valence-electron chi connectivity index (χ3n) is 3.49. The van der Waals surface area contributed by atoms with Gasteiger partial charge < -0.3 is 14.8 Å². The molecular formula is C18H33NO5S. The highest BCUT2D eigenvalue weighted by molar-refractivity contribution is 8.13. The van der Waals surface area contributed by atoms with Gasteiger partial charge in [0.05, 0.1) is 24.4 Å². The highest BCUT2D eigenvalue weighted by Crippen LogP contribution is 2.17. The number of rotatable bonds is 13. The second-order valence-corrected chi connectivity index (χ2v) is 8.56. The summed E-state index contributed by atoms with van der Waals surface area (Å²) in [5.41, 5.74) is -0.850. The zero-order valence-corrected chi connectivity index (χ0v) is 17.2. The van der Waals surface area contributed by atoms with Crippen molar-refractivity contribution in [1.82, 2.24) is 5.32 Å². The van der Waals surface area contributed by atoms with Crippen molar-refractivity contribution in [3.05, 3.63) is 0 Å². The molecule has 0 bridgehead atoms. The van der Waals surface area contributed by atoms with E-state index in [2.05, 4.69) is 5.32 Å². The number of ketones is 1. The lowest BCUT2D eigenvalue weighted by Gasteiger charge is -2.30. The number of carbonyl (C=O) groups excluding carboxylic acids is 3. The van der Waals surface area contributed by atoms with Crippen LogP contribution in [0.25, 0.3) is 0 Å². The molecule has 0 saturated carbocycles. The molecule has 7 heteroatoms. The summed E-state index contributed by atoms with van der Waals surface area (Å²) in [5.74, 6) is 0.526. The van der Waals surface area contributed by atoms with E-state index in [1.165, 1.54) is 6.92 Å². The summed E-state index contributed by atoms with van der Waals surface area (Å²) in [6, 6.07) is 0. The molecule has 1 amide bonds. The lowest BCUT2D eigenvalue weighted by atomic mass is 10.1. The van der Waals surface area contributed by atoms with Gasteiger partial charge in [0.15, 0.2) is 5.12 Å². The molecule has 0 rings (SSSR count). The van der Waals surface area contributed by atoms with Crippen molar-refractivity contribution < 1.29 is 23.9 Å². The van der Waals surface area contributed by atoms with Crippen molar-refractivity contribution in [2.45, 2.75) is 72.0 Å². The topological polar surface area (TPSA) is 81.7 Å². The molecule has 0 heterocycles. The van der Waals surface area contributed by atoms with Gasteiger partial charge in [-0.25, -0.2) is 0 Å². The summed E-state index contributed by atoms with van der Waals surface area (Å²) in [4.78, 5) is 33.5. The van der Waals surface area contributed by atoms with E-state index in [9.17, 15) is 14.4 Å². The maximum absolute atomic E-state index is 11.7. The molecule has 0 aromatic rings. The Balaban J connectivity index is 4.00. The van der Waals surface area contributed by atoms with E-state index in [0.29, 0.717) is 44.8 Å². The fourth-order valence-corrected chi connectivity index (χ4v) is 2.43. The Hall–Kier alpha value is -0.920. The van der Waals surface area contributed by atoms with E-state index in [1.807, 2.05) is 27.7 Å². The quantitative estimate of drug-likeness (QED) is 0.533. The maximum atomic E-state index is 11.7. The fraction of sp³-hybridized carbons (Fsp3) is 0.833. The van der Waals surface area contributed by atoms with Gasteiger partial charge in [0.2, 0.25) is 5.91 Å². The Morgan fingerprint density at radius 3 is 2.08 bits per heavy atom. The Morgan fingerprint density at radius 1 is 0.920 bits per heavy atom. The summed E-state index contributed by atoms with van der Waals surface area (Å²) in [6.07, 6.45) is 1.43. The van der Waals surface area contributed by atoms with Crippen LogP contribution in [0.2, 0.25) is 0 Å². The van der Waals surface area contributed by atoms with E-state index >= 15 is 0 Å². The number of nitrogens with one attached hydrogen (secondary N) is 1. The van der Waals surface area contributed by atoms with Crippen molar-refractivity contribution in [3.8, 4) is 0 Å². The average Bonchev–Trinajstić information content (AvgIpc) is 2.43. The minimum Gasteiger partial charge on any atom is -0.375 e. The van der Waals surface area contributed by atoms with Crippen LogP contribution in [-0.2, 0) is 23.9 Å². The summed E-state index contributed by atoms with van der Waals surface area (Å²) in [6.45, 7) is 12.1. The zero-order chi connectivity index (χ0) is 19.5. The zero-order valence-electron chi connectivity index (χ0n) is 16.4. The van der Waals surface area contributed by atoms with E-state index < -0.39 is 5.60 Å². The van der Waals surface area contributed by atoms with Gasteiger partial charge in [0, 0.05) is 32.1 Å². The number of thioether (sulfide) groups is 1. The van der Waals surface area contributed by atoms with Gasteiger partial charge in [-0.3, -0.25) is 14.4 Å². The Labute approximate surface area is 155 Å². The van der Waals surface area contributed by atoms with Crippen LogP contribution in [0, 0.1) is 0 Å². The second kappa shape index (κ2) is 11.6. The third kappa shape index (κ3) is 15.1. The van der Waals surface area contributed by atoms with Crippen LogP contribution in [0.3, 0.4) is 0 Å². The molecular weight excluding hydrogens is 342 g/mol. The van der Waals surface area contributed by atoms with Gasteiger partial charge in [-0.2, -0.15) is 0 Å². The standard InChI is InChI=1S/C18H33NO5S/c1-14(20)7-10-23-17(3,4)9-11-24-18(5,6)13-19-16(22)8-12-25-15(2)21/h7-13H2,1-6H3,(H,19,22). The van der Waals surface area contributed by atoms with Crippen molar-refractivity contribution in [3.63, 3.8) is 0 Å². The van der Waals surface area contributed by atoms with Gasteiger partial charge in [-0.05, 0) is 41.0 Å². The van der Waals surface area contributed by atoms with Crippen LogP contribution in [0.4, 0.5) is 0 Å². The normalized spacial score (nSPS) is 12.1. The largest absolute Gasteiger partial charge is 0.375 e. The molecule has 0 aliphatic heterocycles. The van der Waals surface area contributed by atoms with Crippen molar-refractivity contribution in [1.29, 1.82) is 0 Å². The Kier molecular flexibility index (Phi) is 11.2. The number of hydrogen-bond acceptors (Lipinski definition) is 6. The van der Waals surface area contributed by atoms with Crippen LogP contribution < -0.4 is 5.32 Å². The minimum atomic E-state index is -0.487. The molecule has 0 aliphatic rings. The average molecular weight is 376 g/mol. The summed E-state index contributed by atoms with van der Waals surface area (Å²) in [7, 11) is 0. The molecule has 0 radical (unpaired) electrons. The first kappa shape index (κ1) is 24.1. The molecule has 0 atom stereocenters. The van der Waals surface area contributed by atoms with Crippen LogP contribution in [0.15, 0.2) is 0 Å². The molecule has 6 nitrogen and oxygen atoms in total. The number of Topliss-reactive ketones (excluding diaryl/α,β-unsaturated/α-hetero) is 1. The van der Waals surface area contributed by atoms with Crippen molar-refractivity contribution in [2.75, 3.05) is 25.5 Å². The lowest BCUT2D eigenvalue weighted by Crippen LogP contribution is -2.41. The maximum Gasteiger partial charge on any atom is 0.220 e. The first-order chi connectivity index (χ1) is 11.4. The molecule has 0 aliphatic carbocycles. The summed E-state index contributed by atoms with van der Waals surface area (Å²) < 4.78 is 11.6. The second-order valence-electron chi connectivity index (χ2n) is 7.29. The predicted octanol–water partition coefficient (Wildman–Crippen LogP) is 2.73. The van der Waals surface area contributed by atoms with Crippen molar-refractivity contribution >= 4 is 28.6 Å². The van der Waals surface area contributed by atoms with Crippen LogP contribution in [0.5, 0.6) is 0 Å². The first-order valence-corrected chi connectivity index (χ1v) is 9.59. The number of amides is 1. The van der Waals surface area contributed by atoms with Gasteiger partial charge >= 0.3 is 0 Å². The molecule has 0 unspecified atom stereocenters. The van der Waals surface area contributed by atoms with Crippen LogP contribution >= 0.6 is 11.8 Å². The first-order valence-electron chi connectivity index (χ1n) is 8.61.